The molecule has 0 atom stereocenters. The zero-order valence-corrected chi connectivity index (χ0v) is 8.01. The third-order valence-electron chi connectivity index (χ3n) is 3.12. The predicted octanol–water partition coefficient (Wildman–Crippen LogP) is 0.228. The lowest BCUT2D eigenvalue weighted by atomic mass is 9.26. The predicted molar refractivity (Wildman–Crippen MR) is 53.2 cm³/mol. The highest BCUT2D eigenvalue weighted by molar-refractivity contribution is 6.54. The van der Waals surface area contributed by atoms with Gasteiger partial charge in [-0.15, -0.1) is 0 Å². The first-order chi connectivity index (χ1) is 6.52. The molecule has 74 valence electrons. The topological polar surface area (TPSA) is 20.2 Å². The van der Waals surface area contributed by atoms with E-state index in [0.717, 1.165) is 0 Å². The number of halogens is 3. The molecule has 1 fully saturated rings. The molecule has 1 rings (SSSR count). The first kappa shape index (κ1) is 13.1. The summed E-state index contributed by atoms with van der Waals surface area (Å²) in [6.45, 7) is -0.919. The highest BCUT2D eigenvalue weighted by Gasteiger charge is 2.71. The third-order valence-corrected chi connectivity index (χ3v) is 3.12. The second kappa shape index (κ2) is 3.25. The van der Waals surface area contributed by atoms with E-state index in [1.165, 1.54) is 0 Å². The van der Waals surface area contributed by atoms with Gasteiger partial charge in [0, 0.05) is 6.61 Å². The molecular weight excluding hydrogens is 200 g/mol. The molecule has 0 aromatic rings. The SMILES string of the molecule is [B]C([B])(CO)C([B])([B])C1(C(F)(F)F)CC1. The molecule has 15 heavy (non-hydrogen) atoms. The molecule has 1 saturated carbocycles. The van der Waals surface area contributed by atoms with E-state index in [-0.39, 0.29) is 12.8 Å². The van der Waals surface area contributed by atoms with Crippen molar-refractivity contribution in [2.45, 2.75) is 29.4 Å². The summed E-state index contributed by atoms with van der Waals surface area (Å²) < 4.78 is 38.1. The van der Waals surface area contributed by atoms with Crippen LogP contribution in [0.2, 0.25) is 10.4 Å². The van der Waals surface area contributed by atoms with Gasteiger partial charge in [-0.3, -0.25) is 0 Å². The Balaban J connectivity index is 3.07. The van der Waals surface area contributed by atoms with E-state index in [4.69, 9.17) is 36.5 Å². The Morgan fingerprint density at radius 3 is 1.67 bits per heavy atom. The molecule has 8 heteroatoms. The van der Waals surface area contributed by atoms with Crippen molar-refractivity contribution in [1.82, 2.24) is 0 Å². The molecule has 0 saturated heterocycles. The van der Waals surface area contributed by atoms with Crippen LogP contribution in [-0.4, -0.2) is 49.3 Å². The van der Waals surface area contributed by atoms with Crippen molar-refractivity contribution in [3.63, 3.8) is 0 Å². The van der Waals surface area contributed by atoms with Crippen molar-refractivity contribution in [1.29, 1.82) is 0 Å². The fraction of sp³-hybridized carbons (Fsp3) is 1.00. The maximum absolute atomic E-state index is 12.7. The Morgan fingerprint density at radius 1 is 1.07 bits per heavy atom. The summed E-state index contributed by atoms with van der Waals surface area (Å²) in [6, 6.07) is 0. The van der Waals surface area contributed by atoms with E-state index in [1.807, 2.05) is 0 Å². The number of aliphatic hydroxyl groups is 1. The van der Waals surface area contributed by atoms with E-state index in [2.05, 4.69) is 0 Å². The Bertz CT molecular complexity index is 259. The number of hydrogen-bond donors (Lipinski definition) is 1. The van der Waals surface area contributed by atoms with E-state index < -0.39 is 28.6 Å². The van der Waals surface area contributed by atoms with E-state index in [0.29, 0.717) is 0 Å². The summed E-state index contributed by atoms with van der Waals surface area (Å²) in [7, 11) is 21.3. The Labute approximate surface area is 91.8 Å². The standard InChI is InChI=1S/C7H7B4F3O/c8-5(9,3-15)6(10,11)4(1-2-4)7(12,13)14/h15H,1-3H2. The van der Waals surface area contributed by atoms with Crippen LogP contribution in [0.15, 0.2) is 0 Å². The Hall–Kier alpha value is 0.00974. The van der Waals surface area contributed by atoms with Crippen molar-refractivity contribution in [2.75, 3.05) is 6.61 Å². The summed E-state index contributed by atoms with van der Waals surface area (Å²) in [4.78, 5) is 0. The molecule has 0 unspecified atom stereocenters. The lowest BCUT2D eigenvalue weighted by molar-refractivity contribution is -0.193. The Morgan fingerprint density at radius 2 is 1.47 bits per heavy atom. The van der Waals surface area contributed by atoms with Gasteiger partial charge < -0.3 is 5.11 Å². The number of alkyl halides is 3. The third kappa shape index (κ3) is 1.65. The number of aliphatic hydroxyl groups excluding tert-OH is 1. The summed E-state index contributed by atoms with van der Waals surface area (Å²) in [6.07, 6.45) is -5.02. The zero-order chi connectivity index (χ0) is 12.1. The maximum Gasteiger partial charge on any atom is 0.393 e. The lowest BCUT2D eigenvalue weighted by Gasteiger charge is -2.49. The van der Waals surface area contributed by atoms with Gasteiger partial charge in [0.2, 0.25) is 0 Å². The average Bonchev–Trinajstić information content (AvgIpc) is 2.81. The first-order valence-corrected chi connectivity index (χ1v) is 4.35. The average molecular weight is 207 g/mol. The molecule has 0 aliphatic heterocycles. The van der Waals surface area contributed by atoms with Crippen molar-refractivity contribution < 1.29 is 18.3 Å². The molecule has 1 aliphatic rings. The summed E-state index contributed by atoms with van der Waals surface area (Å²) in [5, 5.41) is 4.26. The second-order valence-corrected chi connectivity index (χ2v) is 4.15. The van der Waals surface area contributed by atoms with Crippen LogP contribution < -0.4 is 0 Å². The minimum Gasteiger partial charge on any atom is -0.397 e. The molecular formula is C7H7B4F3O. The minimum absolute atomic E-state index is 0.223. The second-order valence-electron chi connectivity index (χ2n) is 4.15. The molecule has 0 heterocycles. The fourth-order valence-electron chi connectivity index (χ4n) is 1.63. The van der Waals surface area contributed by atoms with Gasteiger partial charge in [0.1, 0.15) is 0 Å². The summed E-state index contributed by atoms with van der Waals surface area (Å²) in [5.74, 6) is 0. The number of hydrogen-bond acceptors (Lipinski definition) is 1. The van der Waals surface area contributed by atoms with Crippen molar-refractivity contribution in [3.05, 3.63) is 0 Å². The van der Waals surface area contributed by atoms with E-state index in [1.54, 1.807) is 0 Å². The van der Waals surface area contributed by atoms with Gasteiger partial charge in [-0.25, -0.2) is 0 Å². The monoisotopic (exact) mass is 208 g/mol. The lowest BCUT2D eigenvalue weighted by Crippen LogP contribution is -2.48. The van der Waals surface area contributed by atoms with E-state index in [9.17, 15) is 13.2 Å². The van der Waals surface area contributed by atoms with E-state index >= 15 is 0 Å². The summed E-state index contributed by atoms with van der Waals surface area (Å²) in [5.41, 5.74) is -2.29. The van der Waals surface area contributed by atoms with Gasteiger partial charge in [0.15, 0.2) is 0 Å². The van der Waals surface area contributed by atoms with Crippen LogP contribution >= 0.6 is 0 Å². The first-order valence-electron chi connectivity index (χ1n) is 4.35. The molecule has 0 aromatic carbocycles. The van der Waals surface area contributed by atoms with Gasteiger partial charge in [0.05, 0.1) is 36.8 Å². The highest BCUT2D eigenvalue weighted by atomic mass is 19.4. The van der Waals surface area contributed by atoms with Gasteiger partial charge in [-0.2, -0.15) is 13.2 Å². The fourth-order valence-corrected chi connectivity index (χ4v) is 1.63. The minimum atomic E-state index is -4.57. The van der Waals surface area contributed by atoms with Crippen molar-refractivity contribution in [2.24, 2.45) is 5.41 Å². The van der Waals surface area contributed by atoms with Gasteiger partial charge in [-0.1, -0.05) is 10.4 Å². The van der Waals surface area contributed by atoms with Crippen LogP contribution in [0, 0.1) is 5.41 Å². The van der Waals surface area contributed by atoms with Gasteiger partial charge >= 0.3 is 6.18 Å². The van der Waals surface area contributed by atoms with Crippen LogP contribution in [0.3, 0.4) is 0 Å². The highest BCUT2D eigenvalue weighted by Crippen LogP contribution is 2.73. The molecule has 1 N–H and O–H groups in total. The normalized spacial score (nSPS) is 21.3. The van der Waals surface area contributed by atoms with Crippen LogP contribution in [-0.2, 0) is 0 Å². The molecule has 0 aromatic heterocycles. The largest absolute Gasteiger partial charge is 0.397 e. The molecule has 8 radical (unpaired) electrons. The van der Waals surface area contributed by atoms with Crippen molar-refractivity contribution >= 4 is 31.4 Å². The Kier molecular flexibility index (Phi) is 2.83. The van der Waals surface area contributed by atoms with Crippen LogP contribution in [0.25, 0.3) is 0 Å². The van der Waals surface area contributed by atoms with Crippen LogP contribution in [0.1, 0.15) is 12.8 Å². The molecule has 1 nitrogen and oxygen atoms in total. The molecule has 1 aliphatic carbocycles. The van der Waals surface area contributed by atoms with Gasteiger partial charge in [-0.05, 0) is 12.8 Å². The smallest absolute Gasteiger partial charge is 0.393 e. The molecule has 0 amide bonds. The molecule has 0 bridgehead atoms. The quantitative estimate of drug-likeness (QED) is 0.657. The van der Waals surface area contributed by atoms with Crippen molar-refractivity contribution in [3.8, 4) is 0 Å². The number of rotatable bonds is 3. The maximum atomic E-state index is 12.7. The van der Waals surface area contributed by atoms with Crippen LogP contribution in [0.5, 0.6) is 0 Å². The van der Waals surface area contributed by atoms with Gasteiger partial charge in [0.25, 0.3) is 0 Å². The zero-order valence-electron chi connectivity index (χ0n) is 8.01. The molecule has 0 spiro atoms. The summed E-state index contributed by atoms with van der Waals surface area (Å²) >= 11 is 0. The van der Waals surface area contributed by atoms with Crippen LogP contribution in [0.4, 0.5) is 13.2 Å².